The van der Waals surface area contributed by atoms with E-state index in [9.17, 15) is 44.7 Å². The number of anilines is 1. The SMILES string of the molecule is CC1(CCCCS(=O)(=O)O)C(=CC=Cc2ccc3ccccc3[n+]2CCCCS(=O)(=O)O)N(CCCCCC(=O)ON2C(=O)CCC2=O)c2cc(F)cc(F)c21. The Hall–Kier alpha value is -4.58. The van der Waals surface area contributed by atoms with Gasteiger partial charge < -0.3 is 9.74 Å². The fourth-order valence-corrected chi connectivity index (χ4v) is 8.53. The number of imide groups is 1. The van der Waals surface area contributed by atoms with Crippen LogP contribution in [0.5, 0.6) is 0 Å². The van der Waals surface area contributed by atoms with Crippen LogP contribution < -0.4 is 9.47 Å². The Kier molecular flexibility index (Phi) is 13.8. The van der Waals surface area contributed by atoms with E-state index in [2.05, 4.69) is 0 Å². The van der Waals surface area contributed by atoms with Gasteiger partial charge in [0, 0.05) is 78.6 Å². The van der Waals surface area contributed by atoms with Gasteiger partial charge in [0.15, 0.2) is 0 Å². The highest BCUT2D eigenvalue weighted by atomic mass is 32.2. The largest absolute Gasteiger partial charge is 0.344 e. The Bertz CT molecular complexity index is 2250. The summed E-state index contributed by atoms with van der Waals surface area (Å²) in [5.74, 6) is -4.25. The lowest BCUT2D eigenvalue weighted by Gasteiger charge is -2.30. The lowest BCUT2D eigenvalue weighted by Crippen LogP contribution is -2.38. The van der Waals surface area contributed by atoms with Crippen LogP contribution >= 0.6 is 0 Å². The Morgan fingerprint density at radius 2 is 1.57 bits per heavy atom. The predicted molar refractivity (Wildman–Crippen MR) is 204 cm³/mol. The van der Waals surface area contributed by atoms with Crippen LogP contribution in [0.3, 0.4) is 0 Å². The number of hydroxylamine groups is 2. The van der Waals surface area contributed by atoms with Crippen LogP contribution in [0.1, 0.15) is 88.8 Å². The quantitative estimate of drug-likeness (QED) is 0.0630. The van der Waals surface area contributed by atoms with Gasteiger partial charge >= 0.3 is 5.97 Å². The first kappa shape index (κ1) is 42.6. The third-order valence-corrected chi connectivity index (χ3v) is 11.7. The van der Waals surface area contributed by atoms with Crippen molar-refractivity contribution in [3.05, 3.63) is 89.3 Å². The topological polar surface area (TPSA) is 180 Å². The summed E-state index contributed by atoms with van der Waals surface area (Å²) in [6.45, 7) is 2.54. The minimum Gasteiger partial charge on any atom is -0.344 e. The monoisotopic (exact) mass is 818 g/mol. The molecule has 1 saturated heterocycles. The molecule has 3 heterocycles. The van der Waals surface area contributed by atoms with E-state index in [-0.39, 0.29) is 56.4 Å². The number of allylic oxidation sites excluding steroid dienone is 3. The van der Waals surface area contributed by atoms with Gasteiger partial charge in [-0.15, -0.1) is 5.06 Å². The fourth-order valence-electron chi connectivity index (χ4n) is 7.39. The van der Waals surface area contributed by atoms with Crippen molar-refractivity contribution in [2.45, 2.75) is 89.5 Å². The van der Waals surface area contributed by atoms with Gasteiger partial charge in [0.25, 0.3) is 32.1 Å². The van der Waals surface area contributed by atoms with Crippen LogP contribution in [0.25, 0.3) is 17.0 Å². The molecule has 0 bridgehead atoms. The van der Waals surface area contributed by atoms with E-state index in [0.29, 0.717) is 55.1 Å². The first-order valence-electron chi connectivity index (χ1n) is 18.5. The van der Waals surface area contributed by atoms with Gasteiger partial charge in [-0.2, -0.15) is 21.4 Å². The molecule has 302 valence electrons. The second-order valence-electron chi connectivity index (χ2n) is 14.2. The number of hydrogen-bond donors (Lipinski definition) is 2. The van der Waals surface area contributed by atoms with Gasteiger partial charge in [-0.25, -0.2) is 13.6 Å². The summed E-state index contributed by atoms with van der Waals surface area (Å²) >= 11 is 0. The summed E-state index contributed by atoms with van der Waals surface area (Å²) in [4.78, 5) is 42.7. The van der Waals surface area contributed by atoms with E-state index in [0.717, 1.165) is 22.7 Å². The third kappa shape index (κ3) is 10.8. The van der Waals surface area contributed by atoms with Crippen molar-refractivity contribution in [1.29, 1.82) is 0 Å². The van der Waals surface area contributed by atoms with Crippen molar-refractivity contribution in [3.63, 3.8) is 0 Å². The van der Waals surface area contributed by atoms with Gasteiger partial charge in [0.2, 0.25) is 11.2 Å². The summed E-state index contributed by atoms with van der Waals surface area (Å²) in [7, 11) is -8.34. The van der Waals surface area contributed by atoms with Crippen LogP contribution in [0.15, 0.2) is 66.4 Å². The number of aryl methyl sites for hydroxylation is 1. The van der Waals surface area contributed by atoms with E-state index in [1.165, 1.54) is 6.07 Å². The molecule has 17 heteroatoms. The Morgan fingerprint density at radius 3 is 2.27 bits per heavy atom. The van der Waals surface area contributed by atoms with Crippen molar-refractivity contribution in [3.8, 4) is 0 Å². The standard InChI is InChI=1S/C39H45F2N3O10S2/c1-39(21-6-9-24-55(48,49)50)34(15-11-13-30-18-17-28-12-4-5-14-32(28)42(30)22-8-10-25-56(51,52)53)43(33-27-29(40)26-31(41)38(33)39)23-7-2-3-16-37(47)54-44-35(45)19-20-36(44)46/h4-5,11-15,17-18,26-27H,2-3,6-10,16,19-25H2,1H3,(H-,48,49,50,51,52,53)/p+1. The highest BCUT2D eigenvalue weighted by Crippen LogP contribution is 2.52. The second-order valence-corrected chi connectivity index (χ2v) is 17.4. The van der Waals surface area contributed by atoms with Crippen molar-refractivity contribution >= 4 is 60.7 Å². The number of unbranched alkanes of at least 4 members (excludes halogenated alkanes) is 4. The zero-order valence-electron chi connectivity index (χ0n) is 31.0. The molecule has 0 spiro atoms. The molecule has 2 amide bonds. The molecule has 0 saturated carbocycles. The number of halogens is 2. The van der Waals surface area contributed by atoms with Crippen LogP contribution in [-0.2, 0) is 51.4 Å². The van der Waals surface area contributed by atoms with E-state index >= 15 is 4.39 Å². The molecule has 13 nitrogen and oxygen atoms in total. The number of carbonyl (C=O) groups excluding carboxylic acids is 3. The number of carbonyl (C=O) groups is 3. The van der Waals surface area contributed by atoms with Crippen molar-refractivity contribution in [2.75, 3.05) is 23.0 Å². The number of rotatable bonds is 19. The number of nitrogens with zero attached hydrogens (tertiary/aromatic N) is 3. The maximum Gasteiger partial charge on any atom is 0.333 e. The molecule has 1 atom stereocenters. The fraction of sp³-hybridized carbons (Fsp3) is 0.436. The van der Waals surface area contributed by atoms with Crippen LogP contribution in [0.4, 0.5) is 14.5 Å². The minimum absolute atomic E-state index is 0.0168. The molecule has 56 heavy (non-hydrogen) atoms. The summed E-state index contributed by atoms with van der Waals surface area (Å²) < 4.78 is 96.9. The zero-order chi connectivity index (χ0) is 40.7. The van der Waals surface area contributed by atoms with E-state index in [4.69, 9.17) is 4.84 Å². The van der Waals surface area contributed by atoms with Crippen molar-refractivity contribution < 1.29 is 58.5 Å². The minimum atomic E-state index is -4.23. The average molecular weight is 819 g/mol. The Balaban J connectivity index is 1.42. The first-order valence-corrected chi connectivity index (χ1v) is 21.7. The summed E-state index contributed by atoms with van der Waals surface area (Å²) in [6.07, 6.45) is 8.02. The van der Waals surface area contributed by atoms with Gasteiger partial charge in [-0.3, -0.25) is 18.7 Å². The molecule has 2 aromatic carbocycles. The lowest BCUT2D eigenvalue weighted by atomic mass is 9.77. The smallest absolute Gasteiger partial charge is 0.333 e. The molecule has 2 N–H and O–H groups in total. The number of fused-ring (bicyclic) bond motifs is 2. The number of amides is 2. The maximum atomic E-state index is 15.8. The molecular formula is C39H46F2N3O10S2+. The number of aromatic nitrogens is 1. The van der Waals surface area contributed by atoms with Gasteiger partial charge in [-0.1, -0.05) is 31.1 Å². The van der Waals surface area contributed by atoms with E-state index in [1.807, 2.05) is 58.9 Å². The first-order chi connectivity index (χ1) is 26.5. The lowest BCUT2D eigenvalue weighted by molar-refractivity contribution is -0.673. The molecule has 5 rings (SSSR count). The van der Waals surface area contributed by atoms with E-state index in [1.54, 1.807) is 12.2 Å². The van der Waals surface area contributed by atoms with Crippen LogP contribution in [0.2, 0.25) is 0 Å². The predicted octanol–water partition coefficient (Wildman–Crippen LogP) is 5.97. The maximum absolute atomic E-state index is 15.8. The van der Waals surface area contributed by atoms with Crippen molar-refractivity contribution in [2.24, 2.45) is 0 Å². The Morgan fingerprint density at radius 1 is 0.893 bits per heavy atom. The average Bonchev–Trinajstić information content (AvgIpc) is 3.55. The third-order valence-electron chi connectivity index (χ3n) is 10.1. The second kappa shape index (κ2) is 18.1. The number of para-hydroxylation sites is 1. The summed E-state index contributed by atoms with van der Waals surface area (Å²) in [5.41, 5.74) is 1.78. The number of pyridine rings is 1. The van der Waals surface area contributed by atoms with Gasteiger partial charge in [0.05, 0.1) is 17.2 Å². The van der Waals surface area contributed by atoms with Crippen LogP contribution in [-0.4, -0.2) is 66.8 Å². The molecule has 3 aromatic rings. The van der Waals surface area contributed by atoms with Crippen molar-refractivity contribution in [1.82, 2.24) is 5.06 Å². The molecule has 1 fully saturated rings. The normalized spacial score (nSPS) is 18.2. The van der Waals surface area contributed by atoms with Crippen LogP contribution in [0, 0.1) is 11.6 Å². The Labute approximate surface area is 325 Å². The highest BCUT2D eigenvalue weighted by molar-refractivity contribution is 7.86. The molecule has 0 aliphatic carbocycles. The molecule has 0 radical (unpaired) electrons. The molecule has 1 unspecified atom stereocenters. The number of benzene rings is 2. The van der Waals surface area contributed by atoms with Gasteiger partial charge in [-0.05, 0) is 63.3 Å². The molecule has 2 aliphatic rings. The molecule has 1 aromatic heterocycles. The highest BCUT2D eigenvalue weighted by Gasteiger charge is 2.45. The molecule has 2 aliphatic heterocycles. The summed E-state index contributed by atoms with van der Waals surface area (Å²) in [6, 6.07) is 13.6. The van der Waals surface area contributed by atoms with Gasteiger partial charge in [0.1, 0.15) is 18.2 Å². The van der Waals surface area contributed by atoms with E-state index < -0.39 is 60.8 Å². The number of hydrogen-bond acceptors (Lipinski definition) is 9. The zero-order valence-corrected chi connectivity index (χ0v) is 32.7. The summed E-state index contributed by atoms with van der Waals surface area (Å²) in [5, 5.41) is 1.45. The molecular weight excluding hydrogens is 773 g/mol.